The Morgan fingerprint density at radius 1 is 0.566 bits per heavy atom. The number of rotatable bonds is 11. The molecule has 76 heavy (non-hydrogen) atoms. The minimum Gasteiger partial charge on any atom is -0.432 e. The van der Waals surface area contributed by atoms with Crippen molar-refractivity contribution in [1.82, 2.24) is 0 Å². The molecule has 0 amide bonds. The van der Waals surface area contributed by atoms with Crippen LogP contribution in [0, 0.1) is 44.3 Å². The van der Waals surface area contributed by atoms with Crippen LogP contribution in [-0.4, -0.2) is 221 Å². The second-order valence-corrected chi connectivity index (χ2v) is 25.9. The van der Waals surface area contributed by atoms with E-state index in [-0.39, 0.29) is 39.6 Å². The number of aliphatic hydroxyl groups is 13. The Kier molecular flexibility index (Phi) is 16.4. The van der Waals surface area contributed by atoms with Crippen LogP contribution in [-0.2, 0) is 42.7 Å². The molecular formula is C54H86O22. The van der Waals surface area contributed by atoms with Gasteiger partial charge in [-0.3, -0.25) is 4.79 Å². The Hall–Kier alpha value is -1.85. The zero-order valence-corrected chi connectivity index (χ0v) is 44.9. The lowest BCUT2D eigenvalue weighted by Gasteiger charge is -2.68. The summed E-state index contributed by atoms with van der Waals surface area (Å²) < 4.78 is 47.2. The molecule has 5 aliphatic carbocycles. The van der Waals surface area contributed by atoms with Gasteiger partial charge in [0.15, 0.2) is 18.9 Å². The zero-order valence-electron chi connectivity index (χ0n) is 44.9. The van der Waals surface area contributed by atoms with Crippen molar-refractivity contribution in [3.63, 3.8) is 0 Å². The number of aliphatic hydroxyl groups excluding tert-OH is 13. The lowest BCUT2D eigenvalue weighted by atomic mass is 9.36. The van der Waals surface area contributed by atoms with Crippen LogP contribution in [0.25, 0.3) is 0 Å². The van der Waals surface area contributed by atoms with Crippen molar-refractivity contribution in [2.45, 2.75) is 242 Å². The Bertz CT molecular complexity index is 2150. The summed E-state index contributed by atoms with van der Waals surface area (Å²) in [5.74, 6) is -0.731. The molecule has 4 aliphatic heterocycles. The number of carbonyl (C=O) groups excluding carboxylic acids is 1. The predicted molar refractivity (Wildman–Crippen MR) is 261 cm³/mol. The second kappa shape index (κ2) is 21.2. The lowest BCUT2D eigenvalue weighted by Crippen LogP contribution is -2.65. The van der Waals surface area contributed by atoms with Crippen LogP contribution in [0.15, 0.2) is 23.3 Å². The van der Waals surface area contributed by atoms with Crippen LogP contribution in [0.1, 0.15) is 113 Å². The van der Waals surface area contributed by atoms with Crippen molar-refractivity contribution in [1.29, 1.82) is 0 Å². The van der Waals surface area contributed by atoms with Crippen LogP contribution in [0.4, 0.5) is 0 Å². The highest BCUT2D eigenvalue weighted by atomic mass is 16.8. The Balaban J connectivity index is 0.906. The summed E-state index contributed by atoms with van der Waals surface area (Å²) in [6.07, 6.45) is -21.2. The fourth-order valence-corrected chi connectivity index (χ4v) is 15.7. The molecule has 22 heteroatoms. The van der Waals surface area contributed by atoms with E-state index in [0.29, 0.717) is 38.5 Å². The van der Waals surface area contributed by atoms with Crippen molar-refractivity contribution >= 4 is 5.97 Å². The largest absolute Gasteiger partial charge is 0.432 e. The van der Waals surface area contributed by atoms with Crippen LogP contribution >= 0.6 is 0 Å². The Morgan fingerprint density at radius 3 is 1.79 bits per heavy atom. The van der Waals surface area contributed by atoms with Gasteiger partial charge < -0.3 is 104 Å². The van der Waals surface area contributed by atoms with Gasteiger partial charge in [0.2, 0.25) is 6.29 Å². The molecule has 0 radical (unpaired) electrons. The fourth-order valence-electron chi connectivity index (χ4n) is 15.7. The van der Waals surface area contributed by atoms with Gasteiger partial charge in [0.05, 0.1) is 37.4 Å². The number of allylic oxidation sites excluding steroid dienone is 4. The molecule has 13 N–H and O–H groups in total. The molecule has 434 valence electrons. The van der Waals surface area contributed by atoms with E-state index in [1.54, 1.807) is 0 Å². The second-order valence-electron chi connectivity index (χ2n) is 25.9. The number of fused-ring (bicyclic) bond motifs is 7. The first-order chi connectivity index (χ1) is 35.5. The molecule has 8 fully saturated rings. The van der Waals surface area contributed by atoms with Gasteiger partial charge >= 0.3 is 5.97 Å². The number of esters is 1. The molecule has 0 aromatic rings. The number of hydrogen-bond acceptors (Lipinski definition) is 22. The molecule has 4 saturated heterocycles. The highest BCUT2D eigenvalue weighted by Crippen LogP contribution is 2.75. The van der Waals surface area contributed by atoms with Gasteiger partial charge in [-0.1, -0.05) is 71.8 Å². The van der Waals surface area contributed by atoms with Crippen molar-refractivity contribution in [2.24, 2.45) is 44.3 Å². The maximum absolute atomic E-state index is 15.1. The SMILES string of the molecule is CC1OC(OC2C(CO)OC(OCC3OC(OC(=O)C45CCC(C)(C)CC4C4=CC=C6C7(C)CCC(OC8OC(CO)C(O)C(O)C8O)C(C)(C)C7CCC6(C)C4(C)CC5)C(O)C(O)C3O)C(O)C2O)C(O)C(O)C1O. The highest BCUT2D eigenvalue weighted by molar-refractivity contribution is 5.79. The number of hydrogen-bond donors (Lipinski definition) is 13. The fraction of sp³-hybridized carbons (Fsp3) is 0.907. The summed E-state index contributed by atoms with van der Waals surface area (Å²) in [6.45, 7) is 15.2. The summed E-state index contributed by atoms with van der Waals surface area (Å²) in [6, 6.07) is 0. The Labute approximate surface area is 443 Å². The first kappa shape index (κ1) is 58.8. The van der Waals surface area contributed by atoms with Crippen molar-refractivity contribution in [3.05, 3.63) is 23.3 Å². The van der Waals surface area contributed by atoms with E-state index in [1.807, 2.05) is 0 Å². The first-order valence-corrected chi connectivity index (χ1v) is 27.4. The van der Waals surface area contributed by atoms with Crippen LogP contribution < -0.4 is 0 Å². The van der Waals surface area contributed by atoms with Crippen LogP contribution in [0.2, 0.25) is 0 Å². The van der Waals surface area contributed by atoms with Gasteiger partial charge in [0.25, 0.3) is 0 Å². The molecule has 9 aliphatic rings. The van der Waals surface area contributed by atoms with E-state index < -0.39 is 159 Å². The van der Waals surface area contributed by atoms with E-state index in [2.05, 4.69) is 60.6 Å². The maximum Gasteiger partial charge on any atom is 0.315 e. The van der Waals surface area contributed by atoms with Crippen LogP contribution in [0.5, 0.6) is 0 Å². The zero-order chi connectivity index (χ0) is 55.6. The van der Waals surface area contributed by atoms with Gasteiger partial charge in [0, 0.05) is 0 Å². The summed E-state index contributed by atoms with van der Waals surface area (Å²) in [7, 11) is 0. The summed E-state index contributed by atoms with van der Waals surface area (Å²) in [5, 5.41) is 139. The number of carbonyl (C=O) groups is 1. The molecular weight excluding hydrogens is 1000 g/mol. The van der Waals surface area contributed by atoms with Crippen molar-refractivity contribution < 1.29 is 109 Å². The molecule has 9 rings (SSSR count). The van der Waals surface area contributed by atoms with Gasteiger partial charge in [-0.05, 0) is 104 Å². The molecule has 27 unspecified atom stereocenters. The van der Waals surface area contributed by atoms with Gasteiger partial charge in [-0.25, -0.2) is 0 Å². The molecule has 22 nitrogen and oxygen atoms in total. The van der Waals surface area contributed by atoms with Crippen molar-refractivity contribution in [2.75, 3.05) is 19.8 Å². The normalized spacial score (nSPS) is 52.9. The minimum atomic E-state index is -1.88. The summed E-state index contributed by atoms with van der Waals surface area (Å²) in [4.78, 5) is 15.1. The molecule has 4 saturated carbocycles. The van der Waals surface area contributed by atoms with E-state index in [4.69, 9.17) is 37.9 Å². The van der Waals surface area contributed by atoms with Gasteiger partial charge in [0.1, 0.15) is 91.6 Å². The summed E-state index contributed by atoms with van der Waals surface area (Å²) in [5.41, 5.74) is -0.0547. The molecule has 0 aromatic carbocycles. The third kappa shape index (κ3) is 9.49. The maximum atomic E-state index is 15.1. The number of ether oxygens (including phenoxy) is 8. The molecule has 27 atom stereocenters. The average molecular weight is 1090 g/mol. The minimum absolute atomic E-state index is 0.143. The summed E-state index contributed by atoms with van der Waals surface area (Å²) >= 11 is 0. The monoisotopic (exact) mass is 1090 g/mol. The molecule has 0 aromatic heterocycles. The lowest BCUT2D eigenvalue weighted by molar-refractivity contribution is -0.361. The van der Waals surface area contributed by atoms with Crippen LogP contribution in [0.3, 0.4) is 0 Å². The van der Waals surface area contributed by atoms with E-state index in [0.717, 1.165) is 24.8 Å². The third-order valence-electron chi connectivity index (χ3n) is 20.8. The standard InChI is InChI=1S/C54H86O22/c1-23-32(57)35(60)39(64)45(70-23)75-43-27(21-56)72-44(42(67)38(43)63)69-22-28-34(59)37(62)41(66)47(73-28)76-48(68)54-17-15-49(2,3)19-25(54)24-9-10-30-51(6)13-12-31(74-46-40(65)36(61)33(58)26(20-55)71-46)50(4,5)29(51)11-14-53(30,8)52(24,7)16-18-54/h9-10,23,25-29,31-47,55-67H,11-22H2,1-8H3. The predicted octanol–water partition coefficient (Wildman–Crippen LogP) is -1.09. The smallest absolute Gasteiger partial charge is 0.315 e. The topological polar surface area (TPSA) is 354 Å². The van der Waals surface area contributed by atoms with Crippen molar-refractivity contribution in [3.8, 4) is 0 Å². The quantitative estimate of drug-likeness (QED) is 0.0864. The Morgan fingerprint density at radius 2 is 1.13 bits per heavy atom. The highest BCUT2D eigenvalue weighted by Gasteiger charge is 2.69. The first-order valence-electron chi connectivity index (χ1n) is 27.4. The van der Waals surface area contributed by atoms with E-state index in [1.165, 1.54) is 12.5 Å². The van der Waals surface area contributed by atoms with E-state index in [9.17, 15) is 66.4 Å². The molecule has 0 spiro atoms. The third-order valence-corrected chi connectivity index (χ3v) is 20.8. The average Bonchev–Trinajstić information content (AvgIpc) is 3.55. The molecule has 4 heterocycles. The molecule has 0 bridgehead atoms. The van der Waals surface area contributed by atoms with Gasteiger partial charge in [-0.15, -0.1) is 0 Å². The van der Waals surface area contributed by atoms with E-state index >= 15 is 4.79 Å². The van der Waals surface area contributed by atoms with Gasteiger partial charge in [-0.2, -0.15) is 0 Å².